The van der Waals surface area contributed by atoms with Crippen LogP contribution in [-0.2, 0) is 27.4 Å². The summed E-state index contributed by atoms with van der Waals surface area (Å²) >= 11 is 0. The van der Waals surface area contributed by atoms with Gasteiger partial charge in [0.1, 0.15) is 18.2 Å². The van der Waals surface area contributed by atoms with Crippen LogP contribution < -0.4 is 10.5 Å². The Hall–Kier alpha value is -3.68. The molecular formula is C21H19FN2O5. The number of carbonyl (C=O) groups is 2. The number of esters is 1. The van der Waals surface area contributed by atoms with Crippen LogP contribution in [0.1, 0.15) is 17.9 Å². The first-order valence-electron chi connectivity index (χ1n) is 8.86. The van der Waals surface area contributed by atoms with Crippen molar-refractivity contribution in [3.63, 3.8) is 0 Å². The van der Waals surface area contributed by atoms with E-state index in [1.807, 2.05) is 0 Å². The Labute approximate surface area is 166 Å². The van der Waals surface area contributed by atoms with Gasteiger partial charge in [0.15, 0.2) is 18.3 Å². The topological polar surface area (TPSA) is 105 Å². The average Bonchev–Trinajstić information content (AvgIpc) is 3.19. The quantitative estimate of drug-likeness (QED) is 0.556. The van der Waals surface area contributed by atoms with E-state index in [0.29, 0.717) is 23.0 Å². The van der Waals surface area contributed by atoms with Gasteiger partial charge in [0.05, 0.1) is 12.6 Å². The third-order valence-corrected chi connectivity index (χ3v) is 3.90. The number of amides is 1. The van der Waals surface area contributed by atoms with Crippen molar-refractivity contribution in [3.8, 4) is 17.1 Å². The first kappa shape index (κ1) is 20.1. The van der Waals surface area contributed by atoms with E-state index in [2.05, 4.69) is 4.98 Å². The van der Waals surface area contributed by atoms with Crippen LogP contribution in [0.4, 0.5) is 4.39 Å². The van der Waals surface area contributed by atoms with Crippen molar-refractivity contribution in [1.29, 1.82) is 0 Å². The molecule has 1 amide bonds. The Balaban J connectivity index is 1.46. The zero-order valence-corrected chi connectivity index (χ0v) is 15.5. The molecule has 0 unspecified atom stereocenters. The van der Waals surface area contributed by atoms with Crippen LogP contribution in [-0.4, -0.2) is 23.5 Å². The van der Waals surface area contributed by atoms with Gasteiger partial charge in [-0.25, -0.2) is 9.37 Å². The lowest BCUT2D eigenvalue weighted by atomic mass is 10.2. The summed E-state index contributed by atoms with van der Waals surface area (Å²) < 4.78 is 29.0. The van der Waals surface area contributed by atoms with Crippen molar-refractivity contribution in [3.05, 3.63) is 72.0 Å². The van der Waals surface area contributed by atoms with Crippen molar-refractivity contribution in [2.24, 2.45) is 5.73 Å². The first-order chi connectivity index (χ1) is 14.0. The molecule has 0 saturated heterocycles. The average molecular weight is 398 g/mol. The largest absolute Gasteiger partial charge is 0.484 e. The van der Waals surface area contributed by atoms with E-state index in [-0.39, 0.29) is 31.9 Å². The molecule has 2 aromatic carbocycles. The second kappa shape index (κ2) is 9.50. The number of aromatic nitrogens is 1. The molecule has 3 rings (SSSR count). The zero-order valence-electron chi connectivity index (χ0n) is 15.5. The van der Waals surface area contributed by atoms with Gasteiger partial charge < -0.3 is 19.6 Å². The maximum atomic E-state index is 13.0. The van der Waals surface area contributed by atoms with Crippen LogP contribution in [0.5, 0.6) is 5.75 Å². The molecule has 150 valence electrons. The highest BCUT2D eigenvalue weighted by atomic mass is 19.1. The molecule has 1 heterocycles. The standard InChI is InChI=1S/C21H19FN2O5/c22-16-6-4-15(5-7-16)18-11-24-20(29-18)8-9-21(26)28-12-14-2-1-3-17(10-14)27-13-19(23)25/h1-7,10-11H,8-9,12-13H2,(H2,23,25). The predicted octanol–water partition coefficient (Wildman–Crippen LogP) is 3.02. The number of ether oxygens (including phenoxy) is 2. The summed E-state index contributed by atoms with van der Waals surface area (Å²) in [6, 6.07) is 12.7. The lowest BCUT2D eigenvalue weighted by molar-refractivity contribution is -0.145. The third-order valence-electron chi connectivity index (χ3n) is 3.90. The lowest BCUT2D eigenvalue weighted by Crippen LogP contribution is -2.20. The highest BCUT2D eigenvalue weighted by Crippen LogP contribution is 2.21. The smallest absolute Gasteiger partial charge is 0.306 e. The minimum atomic E-state index is -0.573. The van der Waals surface area contributed by atoms with E-state index < -0.39 is 11.9 Å². The number of primary amides is 1. The predicted molar refractivity (Wildman–Crippen MR) is 101 cm³/mol. The number of benzene rings is 2. The number of aryl methyl sites for hydroxylation is 1. The van der Waals surface area contributed by atoms with E-state index >= 15 is 0 Å². The zero-order chi connectivity index (χ0) is 20.6. The molecule has 0 atom stereocenters. The van der Waals surface area contributed by atoms with Gasteiger partial charge in [-0.05, 0) is 42.0 Å². The minimum Gasteiger partial charge on any atom is -0.484 e. The van der Waals surface area contributed by atoms with Crippen molar-refractivity contribution in [2.75, 3.05) is 6.61 Å². The lowest BCUT2D eigenvalue weighted by Gasteiger charge is -2.07. The van der Waals surface area contributed by atoms with Gasteiger partial charge in [-0.3, -0.25) is 9.59 Å². The van der Waals surface area contributed by atoms with Crippen LogP contribution in [0.2, 0.25) is 0 Å². The Morgan fingerprint density at radius 2 is 1.93 bits per heavy atom. The van der Waals surface area contributed by atoms with E-state index in [1.165, 1.54) is 18.3 Å². The van der Waals surface area contributed by atoms with Crippen molar-refractivity contribution in [1.82, 2.24) is 4.98 Å². The van der Waals surface area contributed by atoms with Gasteiger partial charge >= 0.3 is 5.97 Å². The Morgan fingerprint density at radius 1 is 1.14 bits per heavy atom. The number of rotatable bonds is 9. The highest BCUT2D eigenvalue weighted by Gasteiger charge is 2.10. The Bertz CT molecular complexity index is 985. The molecule has 7 nitrogen and oxygen atoms in total. The molecule has 0 aliphatic rings. The summed E-state index contributed by atoms with van der Waals surface area (Å²) in [6.07, 6.45) is 1.91. The van der Waals surface area contributed by atoms with Crippen molar-refractivity contribution in [2.45, 2.75) is 19.4 Å². The Kier molecular flexibility index (Phi) is 6.57. The highest BCUT2D eigenvalue weighted by molar-refractivity contribution is 5.75. The monoisotopic (exact) mass is 398 g/mol. The number of oxazole rings is 1. The van der Waals surface area contributed by atoms with Crippen LogP contribution in [0.15, 0.2) is 59.1 Å². The normalized spacial score (nSPS) is 10.5. The fraction of sp³-hybridized carbons (Fsp3) is 0.190. The number of hydrogen-bond acceptors (Lipinski definition) is 6. The summed E-state index contributed by atoms with van der Waals surface area (Å²) in [4.78, 5) is 26.9. The molecule has 1 aromatic heterocycles. The van der Waals surface area contributed by atoms with Gasteiger partial charge in [-0.15, -0.1) is 0 Å². The maximum absolute atomic E-state index is 13.0. The van der Waals surface area contributed by atoms with E-state index in [9.17, 15) is 14.0 Å². The van der Waals surface area contributed by atoms with E-state index in [1.54, 1.807) is 36.4 Å². The molecule has 8 heteroatoms. The summed E-state index contributed by atoms with van der Waals surface area (Å²) in [5, 5.41) is 0. The third kappa shape index (κ3) is 6.17. The number of nitrogens with two attached hydrogens (primary N) is 1. The molecule has 2 N–H and O–H groups in total. The van der Waals surface area contributed by atoms with Crippen molar-refractivity contribution >= 4 is 11.9 Å². The molecule has 0 aliphatic carbocycles. The molecule has 0 fully saturated rings. The number of nitrogens with zero attached hydrogens (tertiary/aromatic N) is 1. The molecule has 0 aliphatic heterocycles. The molecule has 0 saturated carbocycles. The fourth-order valence-electron chi connectivity index (χ4n) is 2.50. The molecule has 3 aromatic rings. The molecule has 29 heavy (non-hydrogen) atoms. The van der Waals surface area contributed by atoms with Crippen LogP contribution in [0.25, 0.3) is 11.3 Å². The summed E-state index contributed by atoms with van der Waals surface area (Å²) in [6.45, 7) is -0.154. The van der Waals surface area contributed by atoms with Crippen molar-refractivity contribution < 1.29 is 27.9 Å². The first-order valence-corrected chi connectivity index (χ1v) is 8.86. The Morgan fingerprint density at radius 3 is 2.69 bits per heavy atom. The van der Waals surface area contributed by atoms with Gasteiger partial charge in [0.2, 0.25) is 0 Å². The summed E-state index contributed by atoms with van der Waals surface area (Å²) in [5.74, 6) is 0.0434. The molecular weight excluding hydrogens is 379 g/mol. The van der Waals surface area contributed by atoms with Crippen LogP contribution in [0.3, 0.4) is 0 Å². The van der Waals surface area contributed by atoms with Crippen LogP contribution in [0, 0.1) is 5.82 Å². The molecule has 0 radical (unpaired) electrons. The minimum absolute atomic E-state index is 0.0685. The van der Waals surface area contributed by atoms with E-state index in [4.69, 9.17) is 19.6 Å². The second-order valence-corrected chi connectivity index (χ2v) is 6.19. The van der Waals surface area contributed by atoms with Gasteiger partial charge in [0.25, 0.3) is 5.91 Å². The number of halogens is 1. The second-order valence-electron chi connectivity index (χ2n) is 6.19. The summed E-state index contributed by atoms with van der Waals surface area (Å²) in [7, 11) is 0. The van der Waals surface area contributed by atoms with E-state index in [0.717, 1.165) is 5.56 Å². The fourth-order valence-corrected chi connectivity index (χ4v) is 2.50. The van der Waals surface area contributed by atoms with Crippen LogP contribution >= 0.6 is 0 Å². The van der Waals surface area contributed by atoms with Gasteiger partial charge in [-0.2, -0.15) is 0 Å². The van der Waals surface area contributed by atoms with Gasteiger partial charge in [0, 0.05) is 12.0 Å². The summed E-state index contributed by atoms with van der Waals surface area (Å²) in [5.41, 5.74) is 6.46. The number of hydrogen-bond donors (Lipinski definition) is 1. The number of carbonyl (C=O) groups excluding carboxylic acids is 2. The molecule has 0 bridgehead atoms. The SMILES string of the molecule is NC(=O)COc1cccc(COC(=O)CCc2ncc(-c3ccc(F)cc3)o2)c1. The van der Waals surface area contributed by atoms with Gasteiger partial charge in [-0.1, -0.05) is 12.1 Å². The molecule has 0 spiro atoms. The maximum Gasteiger partial charge on any atom is 0.306 e.